The summed E-state index contributed by atoms with van der Waals surface area (Å²) in [5.41, 5.74) is 11.7. The molecule has 9 atom stereocenters. The smallest absolute Gasteiger partial charge is 0.388 e. The van der Waals surface area contributed by atoms with Crippen LogP contribution in [0.25, 0.3) is 22.2 Å². The maximum atomic E-state index is 14.4. The van der Waals surface area contributed by atoms with Crippen molar-refractivity contribution in [2.45, 2.75) is 82.4 Å². The Morgan fingerprint density at radius 2 is 1.70 bits per heavy atom. The monoisotopic (exact) mass is 787 g/mol. The van der Waals surface area contributed by atoms with Gasteiger partial charge in [-0.1, -0.05) is 52.2 Å². The molecule has 272 valence electrons. The van der Waals surface area contributed by atoms with Crippen molar-refractivity contribution in [3.05, 3.63) is 31.2 Å². The molecule has 0 saturated carbocycles. The van der Waals surface area contributed by atoms with Gasteiger partial charge in [-0.25, -0.2) is 34.0 Å². The highest BCUT2D eigenvalue weighted by Gasteiger charge is 2.61. The second-order valence-corrected chi connectivity index (χ2v) is 24.4. The van der Waals surface area contributed by atoms with E-state index in [9.17, 15) is 9.13 Å². The molecule has 4 N–H and O–H groups in total. The number of nitrogen functional groups attached to an aromatic ring is 2. The molecular weight excluding hydrogens is 749 g/mol. The number of imidazole rings is 1. The van der Waals surface area contributed by atoms with Crippen molar-refractivity contribution in [2.24, 2.45) is 5.92 Å². The van der Waals surface area contributed by atoms with Gasteiger partial charge in [-0.2, -0.15) is 0 Å². The van der Waals surface area contributed by atoms with E-state index in [-0.39, 0.29) is 29.9 Å². The van der Waals surface area contributed by atoms with Crippen molar-refractivity contribution in [2.75, 3.05) is 24.7 Å². The average Bonchev–Trinajstić information content (AvgIpc) is 3.78. The molecule has 0 amide bonds. The Balaban J connectivity index is 1.32. The number of aromatic nitrogens is 7. The first kappa shape index (κ1) is 36.2. The minimum Gasteiger partial charge on any atom is -0.391 e. The van der Waals surface area contributed by atoms with Gasteiger partial charge in [0.1, 0.15) is 47.9 Å². The Bertz CT molecular complexity index is 2050. The second-order valence-electron chi connectivity index (χ2n) is 14.0. The van der Waals surface area contributed by atoms with Crippen LogP contribution in [0.4, 0.5) is 11.6 Å². The number of rotatable bonds is 4. The minimum absolute atomic E-state index is 0.145. The summed E-state index contributed by atoms with van der Waals surface area (Å²) >= 11 is 8.78. The topological polar surface area (TPSA) is 225 Å². The van der Waals surface area contributed by atoms with Crippen LogP contribution in [0.1, 0.15) is 33.9 Å². The largest absolute Gasteiger partial charge is 0.391 e. The first-order valence-electron chi connectivity index (χ1n) is 15.7. The van der Waals surface area contributed by atoms with E-state index in [1.807, 2.05) is 13.1 Å². The first-order valence-corrected chi connectivity index (χ1v) is 24.0. The Kier molecular flexibility index (Phi) is 9.05. The fourth-order valence-corrected chi connectivity index (χ4v) is 10.8. The Labute approximate surface area is 298 Å². The molecule has 0 spiro atoms. The Morgan fingerprint density at radius 3 is 2.42 bits per heavy atom. The molecule has 23 heteroatoms. The lowest BCUT2D eigenvalue weighted by atomic mass is 10.1. The van der Waals surface area contributed by atoms with Crippen LogP contribution in [0.3, 0.4) is 0 Å². The van der Waals surface area contributed by atoms with Crippen molar-refractivity contribution in [3.63, 3.8) is 0 Å². The molecular formula is C27H39N9O9P2S2Si. The predicted octanol–water partition coefficient (Wildman–Crippen LogP) is 4.89. The number of hydrogen-bond acceptors (Lipinski definition) is 16. The molecule has 3 aliphatic rings. The van der Waals surface area contributed by atoms with Gasteiger partial charge in [-0.05, 0) is 24.2 Å². The van der Waals surface area contributed by atoms with Gasteiger partial charge < -0.3 is 29.9 Å². The van der Waals surface area contributed by atoms with Crippen LogP contribution in [-0.2, 0) is 46.8 Å². The zero-order valence-electron chi connectivity index (χ0n) is 28.0. The fourth-order valence-electron chi connectivity index (χ4n) is 6.13. The molecule has 4 aromatic heterocycles. The third-order valence-corrected chi connectivity index (χ3v) is 17.4. The SMILES string of the molecule is C[C@@H]1[C@@H]2O[C@@H](n3ccc4c(N)ncnc43)[C@@H]1OP(=O)(S)OC[C@H]1OC[C@@](O[Si](C)(C)C(C)(C)C)(n3cnc4c(N)ncnc43)[C@@H]1OP(=O)(S)O2. The molecule has 4 aromatic rings. The summed E-state index contributed by atoms with van der Waals surface area (Å²) in [7, 11) is -2.73. The quantitative estimate of drug-likeness (QED) is 0.123. The van der Waals surface area contributed by atoms with E-state index in [0.29, 0.717) is 22.2 Å². The van der Waals surface area contributed by atoms with Gasteiger partial charge in [-0.3, -0.25) is 22.7 Å². The molecule has 0 radical (unpaired) electrons. The van der Waals surface area contributed by atoms with E-state index in [4.69, 9.17) is 43.5 Å². The maximum Gasteiger partial charge on any atom is 0.388 e. The third kappa shape index (κ3) is 6.22. The zero-order valence-corrected chi connectivity index (χ0v) is 32.6. The van der Waals surface area contributed by atoms with E-state index in [2.05, 4.69) is 70.2 Å². The van der Waals surface area contributed by atoms with Crippen LogP contribution in [0.5, 0.6) is 0 Å². The summed E-state index contributed by atoms with van der Waals surface area (Å²) in [6, 6.07) is 1.71. The molecule has 2 bridgehead atoms. The summed E-state index contributed by atoms with van der Waals surface area (Å²) in [5, 5.41) is 0.246. The lowest BCUT2D eigenvalue weighted by Gasteiger charge is -2.46. The third-order valence-electron chi connectivity index (χ3n) is 9.75. The van der Waals surface area contributed by atoms with Crippen LogP contribution in [0.2, 0.25) is 18.1 Å². The van der Waals surface area contributed by atoms with Crippen LogP contribution < -0.4 is 11.5 Å². The number of nitrogens with two attached hydrogens (primary N) is 2. The fraction of sp³-hybridized carbons (Fsp3) is 0.593. The van der Waals surface area contributed by atoms with Crippen molar-refractivity contribution in [1.82, 2.24) is 34.1 Å². The van der Waals surface area contributed by atoms with Crippen molar-refractivity contribution < 1.29 is 41.1 Å². The van der Waals surface area contributed by atoms with E-state index < -0.39 is 64.4 Å². The van der Waals surface area contributed by atoms with E-state index in [0.717, 1.165) is 0 Å². The van der Waals surface area contributed by atoms with Gasteiger partial charge in [0.25, 0.3) is 0 Å². The highest BCUT2D eigenvalue weighted by Crippen LogP contribution is 2.64. The number of anilines is 2. The van der Waals surface area contributed by atoms with Crippen molar-refractivity contribution in [3.8, 4) is 0 Å². The zero-order chi connectivity index (χ0) is 36.0. The highest BCUT2D eigenvalue weighted by molar-refractivity contribution is 8.44. The van der Waals surface area contributed by atoms with Crippen molar-refractivity contribution in [1.29, 1.82) is 0 Å². The Hall–Kier alpha value is -2.13. The standard InChI is InChI=1S/C27H39N9O9P2S2Si/c1-14-18-24(35-8-7-15-20(28)30-11-32-22(15)35)41-25(14)44-47(38,49)43-19-16(9-40-46(37,48)42-18)39-10-27(19,45-50(5,6)26(2,3)4)36-13-34-17-21(29)31-12-33-23(17)36/h7-8,11-14,16,18-19,24-25H,9-10H2,1-6H3,(H,37,48)(H,38,49)(H2,28,30,32)(H2,29,31,33)/t14-,16+,18+,19+,24+,25+,27-,46?,47?/m0/s1. The van der Waals surface area contributed by atoms with E-state index in [1.165, 1.54) is 19.0 Å². The molecule has 3 aliphatic heterocycles. The van der Waals surface area contributed by atoms with Gasteiger partial charge in [-0.15, -0.1) is 0 Å². The number of ether oxygens (including phenoxy) is 2. The van der Waals surface area contributed by atoms with E-state index >= 15 is 0 Å². The minimum atomic E-state index is -4.36. The molecule has 3 saturated heterocycles. The lowest BCUT2D eigenvalue weighted by Crippen LogP contribution is -2.57. The summed E-state index contributed by atoms with van der Waals surface area (Å²) in [4.78, 5) is 21.4. The number of fused-ring (bicyclic) bond motifs is 5. The normalized spacial score (nSPS) is 35.6. The average molecular weight is 788 g/mol. The molecule has 50 heavy (non-hydrogen) atoms. The van der Waals surface area contributed by atoms with Gasteiger partial charge >= 0.3 is 13.6 Å². The molecule has 2 unspecified atom stereocenters. The molecule has 0 aliphatic carbocycles. The summed E-state index contributed by atoms with van der Waals surface area (Å²) < 4.78 is 75.8. The first-order chi connectivity index (χ1) is 23.3. The number of thiol groups is 2. The number of nitrogens with zero attached hydrogens (tertiary/aromatic N) is 7. The molecule has 0 aromatic carbocycles. The van der Waals surface area contributed by atoms with Crippen LogP contribution in [0, 0.1) is 5.92 Å². The van der Waals surface area contributed by atoms with Crippen LogP contribution in [-0.4, -0.2) is 80.2 Å². The predicted molar refractivity (Wildman–Crippen MR) is 191 cm³/mol. The number of hydrogen-bond donors (Lipinski definition) is 4. The van der Waals surface area contributed by atoms with Crippen molar-refractivity contribution >= 4 is 80.2 Å². The van der Waals surface area contributed by atoms with Gasteiger partial charge in [0.05, 0.1) is 24.9 Å². The molecule has 3 fully saturated rings. The van der Waals surface area contributed by atoms with Gasteiger partial charge in [0.2, 0.25) is 0 Å². The summed E-state index contributed by atoms with van der Waals surface area (Å²) in [6.07, 6.45) is 0.211. The van der Waals surface area contributed by atoms with E-state index in [1.54, 1.807) is 28.3 Å². The Morgan fingerprint density at radius 1 is 1.00 bits per heavy atom. The lowest BCUT2D eigenvalue weighted by molar-refractivity contribution is -0.125. The summed E-state index contributed by atoms with van der Waals surface area (Å²) in [5.74, 6) is -0.306. The summed E-state index contributed by atoms with van der Waals surface area (Å²) in [6.45, 7) is 2.97. The molecule has 7 rings (SSSR count). The second kappa shape index (κ2) is 12.5. The van der Waals surface area contributed by atoms with Crippen LogP contribution in [0.15, 0.2) is 31.2 Å². The maximum absolute atomic E-state index is 14.4. The van der Waals surface area contributed by atoms with Gasteiger partial charge in [0.15, 0.2) is 38.0 Å². The van der Waals surface area contributed by atoms with Crippen LogP contribution >= 0.6 is 38.1 Å². The van der Waals surface area contributed by atoms with Gasteiger partial charge in [0, 0.05) is 12.1 Å². The molecule has 18 nitrogen and oxygen atoms in total. The highest BCUT2D eigenvalue weighted by atomic mass is 32.7. The molecule has 7 heterocycles.